The second-order valence-electron chi connectivity index (χ2n) is 5.73. The molecular weight excluding hydrogens is 447 g/mol. The van der Waals surface area contributed by atoms with Gasteiger partial charge in [0, 0.05) is 23.6 Å². The number of likely N-dealkylation sites (N-methyl/N-ethyl adjacent to an activating group) is 1. The second-order valence-corrected chi connectivity index (χ2v) is 7.98. The van der Waals surface area contributed by atoms with Gasteiger partial charge in [0.15, 0.2) is 5.37 Å². The van der Waals surface area contributed by atoms with Gasteiger partial charge < -0.3 is 28.9 Å². The van der Waals surface area contributed by atoms with Crippen LogP contribution in [-0.4, -0.2) is 18.5 Å². The number of benzene rings is 2. The van der Waals surface area contributed by atoms with Gasteiger partial charge in [-0.05, 0) is 32.0 Å². The van der Waals surface area contributed by atoms with Crippen LogP contribution in [0, 0.1) is 0 Å². The third-order valence-corrected chi connectivity index (χ3v) is 6.87. The molecule has 0 saturated heterocycles. The van der Waals surface area contributed by atoms with E-state index in [4.69, 9.17) is 0 Å². The van der Waals surface area contributed by atoms with Crippen molar-refractivity contribution >= 4 is 34.9 Å². The molecule has 1 N–H and O–H groups in total. The first-order valence-electron chi connectivity index (χ1n) is 8.19. The van der Waals surface area contributed by atoms with Crippen molar-refractivity contribution in [2.75, 3.05) is 18.0 Å². The standard InChI is InChI=1S/C19H20N2S2.HI/c1-3-20-14-9-5-7-11-16(14)22-18(20)13-19-21(4-2)15-10-6-8-12-17(15)23-19;/h5-13,18H,3-4H2,1-2H3;1H. The summed E-state index contributed by atoms with van der Waals surface area (Å²) in [7, 11) is 0. The maximum Gasteiger partial charge on any atom is 0.165 e. The summed E-state index contributed by atoms with van der Waals surface area (Å²) in [5.74, 6) is 0. The van der Waals surface area contributed by atoms with Crippen LogP contribution in [0.2, 0.25) is 0 Å². The highest BCUT2D eigenvalue weighted by molar-refractivity contribution is 8.04. The number of thioether (sulfide) groups is 2. The molecule has 0 bridgehead atoms. The lowest BCUT2D eigenvalue weighted by Crippen LogP contribution is -3.08. The zero-order chi connectivity index (χ0) is 15.8. The molecule has 0 radical (unpaired) electrons. The Morgan fingerprint density at radius 3 is 2.50 bits per heavy atom. The zero-order valence-corrected chi connectivity index (χ0v) is 17.6. The summed E-state index contributed by atoms with van der Waals surface area (Å²) < 4.78 is 0. The summed E-state index contributed by atoms with van der Waals surface area (Å²) in [5, 5.41) is 1.84. The van der Waals surface area contributed by atoms with Crippen LogP contribution < -0.4 is 33.8 Å². The van der Waals surface area contributed by atoms with Crippen molar-refractivity contribution in [2.24, 2.45) is 0 Å². The van der Waals surface area contributed by atoms with Gasteiger partial charge in [0.05, 0.1) is 22.2 Å². The van der Waals surface area contributed by atoms with Crippen molar-refractivity contribution in [3.8, 4) is 0 Å². The quantitative estimate of drug-likeness (QED) is 0.677. The van der Waals surface area contributed by atoms with E-state index in [9.17, 15) is 0 Å². The number of rotatable bonds is 3. The van der Waals surface area contributed by atoms with E-state index in [-0.39, 0.29) is 24.0 Å². The molecule has 0 fully saturated rings. The Hall–Kier alpha value is -0.630. The van der Waals surface area contributed by atoms with Gasteiger partial charge in [-0.2, -0.15) is 0 Å². The molecule has 2 atom stereocenters. The minimum absolute atomic E-state index is 0. The molecule has 0 spiro atoms. The molecule has 2 heterocycles. The van der Waals surface area contributed by atoms with E-state index >= 15 is 0 Å². The predicted octanol–water partition coefficient (Wildman–Crippen LogP) is 1.13. The first-order chi connectivity index (χ1) is 11.3. The van der Waals surface area contributed by atoms with Gasteiger partial charge in [0.25, 0.3) is 0 Å². The van der Waals surface area contributed by atoms with Gasteiger partial charge in [-0.25, -0.2) is 0 Å². The van der Waals surface area contributed by atoms with Crippen LogP contribution in [-0.2, 0) is 0 Å². The fourth-order valence-electron chi connectivity index (χ4n) is 3.35. The fourth-order valence-corrected chi connectivity index (χ4v) is 6.03. The average Bonchev–Trinajstić information content (AvgIpc) is 3.11. The van der Waals surface area contributed by atoms with Crippen molar-refractivity contribution in [1.29, 1.82) is 0 Å². The molecule has 2 aliphatic heterocycles. The Balaban J connectivity index is 0.00000169. The van der Waals surface area contributed by atoms with Crippen LogP contribution in [0.3, 0.4) is 0 Å². The van der Waals surface area contributed by atoms with Crippen LogP contribution in [0.25, 0.3) is 0 Å². The molecule has 2 aromatic carbocycles. The molecule has 5 heteroatoms. The largest absolute Gasteiger partial charge is 1.00 e. The number of halogens is 1. The van der Waals surface area contributed by atoms with E-state index in [1.807, 2.05) is 23.5 Å². The molecular formula is C19H21IN2S2. The van der Waals surface area contributed by atoms with E-state index in [0.29, 0.717) is 5.37 Å². The number of para-hydroxylation sites is 2. The van der Waals surface area contributed by atoms with Crippen LogP contribution in [0.15, 0.2) is 69.4 Å². The molecule has 0 aliphatic carbocycles. The Morgan fingerprint density at radius 1 is 1.04 bits per heavy atom. The third kappa shape index (κ3) is 3.11. The molecule has 126 valence electrons. The maximum absolute atomic E-state index is 2.47. The third-order valence-electron chi connectivity index (χ3n) is 4.46. The molecule has 2 aromatic rings. The summed E-state index contributed by atoms with van der Waals surface area (Å²) in [4.78, 5) is 6.80. The number of hydrogen-bond acceptors (Lipinski definition) is 3. The summed E-state index contributed by atoms with van der Waals surface area (Å²) in [6, 6.07) is 17.5. The monoisotopic (exact) mass is 468 g/mol. The molecule has 2 nitrogen and oxygen atoms in total. The Morgan fingerprint density at radius 2 is 1.75 bits per heavy atom. The highest BCUT2D eigenvalue weighted by Gasteiger charge is 2.35. The lowest BCUT2D eigenvalue weighted by molar-refractivity contribution is -0.833. The lowest BCUT2D eigenvalue weighted by Gasteiger charge is -2.21. The molecule has 2 aliphatic rings. The van der Waals surface area contributed by atoms with Crippen molar-refractivity contribution < 1.29 is 28.9 Å². The van der Waals surface area contributed by atoms with Crippen molar-refractivity contribution in [3.05, 3.63) is 59.6 Å². The highest BCUT2D eigenvalue weighted by Crippen LogP contribution is 2.46. The van der Waals surface area contributed by atoms with Gasteiger partial charge in [-0.15, -0.1) is 0 Å². The molecule has 0 amide bonds. The summed E-state index contributed by atoms with van der Waals surface area (Å²) in [6.07, 6.45) is 2.47. The van der Waals surface area contributed by atoms with E-state index in [1.54, 1.807) is 4.90 Å². The number of fused-ring (bicyclic) bond motifs is 2. The Kier molecular flexibility index (Phi) is 5.85. The summed E-state index contributed by atoms with van der Waals surface area (Å²) in [6.45, 7) is 6.64. The van der Waals surface area contributed by atoms with Gasteiger partial charge in [0.2, 0.25) is 0 Å². The number of nitrogens with one attached hydrogen (secondary N) is 1. The van der Waals surface area contributed by atoms with Gasteiger partial charge in [0.1, 0.15) is 5.69 Å². The van der Waals surface area contributed by atoms with Crippen LogP contribution >= 0.6 is 23.5 Å². The van der Waals surface area contributed by atoms with Crippen LogP contribution in [0.5, 0.6) is 0 Å². The van der Waals surface area contributed by atoms with Gasteiger partial charge in [-0.1, -0.05) is 47.8 Å². The van der Waals surface area contributed by atoms with Crippen LogP contribution in [0.1, 0.15) is 13.8 Å². The van der Waals surface area contributed by atoms with Gasteiger partial charge in [-0.3, -0.25) is 4.90 Å². The molecule has 4 rings (SSSR count). The topological polar surface area (TPSA) is 7.68 Å². The number of quaternary nitrogens is 1. The summed E-state index contributed by atoms with van der Waals surface area (Å²) >= 11 is 3.90. The maximum atomic E-state index is 2.47. The zero-order valence-electron chi connectivity index (χ0n) is 13.8. The smallest absolute Gasteiger partial charge is 0.165 e. The first kappa shape index (κ1) is 18.2. The SMILES string of the molecule is CCN1C(=CC2Sc3ccccc3[NH+]2CC)Sc2ccccc21.[I-]. The van der Waals surface area contributed by atoms with Crippen LogP contribution in [0.4, 0.5) is 11.4 Å². The second kappa shape index (κ2) is 7.72. The van der Waals surface area contributed by atoms with Gasteiger partial charge >= 0.3 is 0 Å². The number of anilines is 1. The number of hydrogen-bond donors (Lipinski definition) is 1. The average molecular weight is 468 g/mol. The van der Waals surface area contributed by atoms with E-state index in [2.05, 4.69) is 73.4 Å². The molecule has 0 saturated carbocycles. The van der Waals surface area contributed by atoms with E-state index < -0.39 is 0 Å². The number of nitrogens with zero attached hydrogens (tertiary/aromatic N) is 1. The van der Waals surface area contributed by atoms with E-state index in [0.717, 1.165) is 13.1 Å². The Labute approximate surface area is 169 Å². The predicted molar refractivity (Wildman–Crippen MR) is 101 cm³/mol. The Bertz CT molecular complexity index is 763. The van der Waals surface area contributed by atoms with Crippen molar-refractivity contribution in [2.45, 2.75) is 29.0 Å². The fraction of sp³-hybridized carbons (Fsp3) is 0.263. The lowest BCUT2D eigenvalue weighted by atomic mass is 10.2. The normalized spacial score (nSPS) is 23.1. The van der Waals surface area contributed by atoms with Crippen molar-refractivity contribution in [1.82, 2.24) is 0 Å². The minimum atomic E-state index is 0. The van der Waals surface area contributed by atoms with Crippen molar-refractivity contribution in [3.63, 3.8) is 0 Å². The highest BCUT2D eigenvalue weighted by atomic mass is 127. The molecule has 24 heavy (non-hydrogen) atoms. The molecule has 2 unspecified atom stereocenters. The summed E-state index contributed by atoms with van der Waals surface area (Å²) in [5.41, 5.74) is 2.80. The van der Waals surface area contributed by atoms with E-state index in [1.165, 1.54) is 26.2 Å². The minimum Gasteiger partial charge on any atom is -1.00 e. The molecule has 0 aromatic heterocycles. The first-order valence-corrected chi connectivity index (χ1v) is 9.89.